The molecule has 2 aromatic rings. The van der Waals surface area contributed by atoms with Crippen LogP contribution >= 0.6 is 11.8 Å². The molecule has 116 valence electrons. The number of hydrogen-bond acceptors (Lipinski definition) is 9. The van der Waals surface area contributed by atoms with E-state index < -0.39 is 5.97 Å². The Labute approximate surface area is 132 Å². The summed E-state index contributed by atoms with van der Waals surface area (Å²) in [6.07, 6.45) is 3.47. The van der Waals surface area contributed by atoms with Crippen LogP contribution in [0, 0.1) is 0 Å². The molecule has 2 rings (SSSR count). The first-order chi connectivity index (χ1) is 10.5. The number of hydrogen-bond donors (Lipinski definition) is 1. The normalized spacial score (nSPS) is 10.3. The van der Waals surface area contributed by atoms with Gasteiger partial charge in [0.15, 0.2) is 12.4 Å². The molecule has 0 aliphatic heterocycles. The molecule has 0 spiro atoms. The number of nitrogen functional groups attached to an aromatic ring is 1. The van der Waals surface area contributed by atoms with Crippen LogP contribution in [0.5, 0.6) is 0 Å². The molecule has 0 atom stereocenters. The average Bonchev–Trinajstić information content (AvgIpc) is 2.52. The van der Waals surface area contributed by atoms with Crippen LogP contribution in [0.3, 0.4) is 0 Å². The first-order valence-corrected chi connectivity index (χ1v) is 7.57. The Hall–Kier alpha value is -2.42. The lowest BCUT2D eigenvalue weighted by Crippen LogP contribution is -2.17. The van der Waals surface area contributed by atoms with Gasteiger partial charge in [0.05, 0.1) is 5.56 Å². The summed E-state index contributed by atoms with van der Waals surface area (Å²) in [5.41, 5.74) is 6.02. The number of nitrogens with zero attached hydrogens (tertiary/aromatic N) is 5. The minimum absolute atomic E-state index is 0.0796. The van der Waals surface area contributed by atoms with Crippen LogP contribution in [0.2, 0.25) is 0 Å². The van der Waals surface area contributed by atoms with Gasteiger partial charge >= 0.3 is 5.97 Å². The van der Waals surface area contributed by atoms with Gasteiger partial charge in [-0.25, -0.2) is 9.78 Å². The lowest BCUT2D eigenvalue weighted by Gasteiger charge is -2.11. The predicted molar refractivity (Wildman–Crippen MR) is 83.7 cm³/mol. The number of rotatable bonds is 5. The van der Waals surface area contributed by atoms with Crippen molar-refractivity contribution in [1.29, 1.82) is 0 Å². The lowest BCUT2D eigenvalue weighted by atomic mass is 10.3. The number of esters is 1. The number of carbonyl (C=O) groups excluding carboxylic acids is 1. The summed E-state index contributed by atoms with van der Waals surface area (Å²) in [5.74, 6) is 0.294. The van der Waals surface area contributed by atoms with Crippen molar-refractivity contribution >= 4 is 29.6 Å². The van der Waals surface area contributed by atoms with Crippen LogP contribution in [0.25, 0.3) is 0 Å². The number of ether oxygens (including phenoxy) is 1. The van der Waals surface area contributed by atoms with Crippen molar-refractivity contribution in [2.45, 2.75) is 11.6 Å². The van der Waals surface area contributed by atoms with E-state index in [1.807, 2.05) is 6.26 Å². The fourth-order valence-corrected chi connectivity index (χ4v) is 2.14. The van der Waals surface area contributed by atoms with Crippen molar-refractivity contribution in [3.8, 4) is 0 Å². The van der Waals surface area contributed by atoms with Gasteiger partial charge in [-0.2, -0.15) is 15.0 Å². The van der Waals surface area contributed by atoms with Gasteiger partial charge in [0.2, 0.25) is 11.9 Å². The second kappa shape index (κ2) is 7.03. The van der Waals surface area contributed by atoms with Gasteiger partial charge in [-0.1, -0.05) is 0 Å². The molecule has 0 saturated heterocycles. The highest BCUT2D eigenvalue weighted by Gasteiger charge is 2.14. The second-order valence-electron chi connectivity index (χ2n) is 4.44. The fourth-order valence-electron chi connectivity index (χ4n) is 1.61. The SMILES string of the molecule is CSc1ncccc1C(=O)OCc1nc(N)nc(N(C)C)n1. The third-order valence-corrected chi connectivity index (χ3v) is 3.32. The van der Waals surface area contributed by atoms with Gasteiger partial charge in [-0.15, -0.1) is 11.8 Å². The number of anilines is 2. The van der Waals surface area contributed by atoms with Crippen molar-refractivity contribution in [1.82, 2.24) is 19.9 Å². The van der Waals surface area contributed by atoms with E-state index in [1.54, 1.807) is 37.3 Å². The summed E-state index contributed by atoms with van der Waals surface area (Å²) in [7, 11) is 3.57. The van der Waals surface area contributed by atoms with Crippen LogP contribution in [0.1, 0.15) is 16.2 Å². The van der Waals surface area contributed by atoms with E-state index in [-0.39, 0.29) is 12.6 Å². The third kappa shape index (κ3) is 3.82. The molecule has 0 aliphatic carbocycles. The summed E-state index contributed by atoms with van der Waals surface area (Å²) in [5, 5.41) is 0.608. The van der Waals surface area contributed by atoms with Crippen molar-refractivity contribution in [3.05, 3.63) is 29.7 Å². The zero-order chi connectivity index (χ0) is 16.1. The van der Waals surface area contributed by atoms with E-state index in [1.165, 1.54) is 11.8 Å². The molecular formula is C13H16N6O2S. The van der Waals surface area contributed by atoms with Crippen molar-refractivity contribution in [2.24, 2.45) is 0 Å². The number of pyridine rings is 1. The molecule has 0 aliphatic rings. The molecule has 0 fully saturated rings. The molecule has 22 heavy (non-hydrogen) atoms. The number of aromatic nitrogens is 4. The minimum Gasteiger partial charge on any atom is -0.454 e. The van der Waals surface area contributed by atoms with E-state index in [9.17, 15) is 4.79 Å². The maximum absolute atomic E-state index is 12.1. The molecule has 0 unspecified atom stereocenters. The van der Waals surface area contributed by atoms with E-state index >= 15 is 0 Å². The first-order valence-electron chi connectivity index (χ1n) is 6.35. The molecule has 9 heteroatoms. The van der Waals surface area contributed by atoms with Crippen LogP contribution in [-0.2, 0) is 11.3 Å². The van der Waals surface area contributed by atoms with Gasteiger partial charge in [-0.05, 0) is 18.4 Å². The molecule has 0 radical (unpaired) electrons. The van der Waals surface area contributed by atoms with E-state index in [4.69, 9.17) is 10.5 Å². The lowest BCUT2D eigenvalue weighted by molar-refractivity contribution is 0.0457. The molecule has 0 amide bonds. The van der Waals surface area contributed by atoms with E-state index in [0.717, 1.165) is 0 Å². The van der Waals surface area contributed by atoms with Crippen LogP contribution in [0.4, 0.5) is 11.9 Å². The van der Waals surface area contributed by atoms with Crippen LogP contribution < -0.4 is 10.6 Å². The minimum atomic E-state index is -0.483. The highest BCUT2D eigenvalue weighted by molar-refractivity contribution is 7.98. The van der Waals surface area contributed by atoms with Crippen molar-refractivity contribution < 1.29 is 9.53 Å². The van der Waals surface area contributed by atoms with E-state index in [0.29, 0.717) is 22.4 Å². The van der Waals surface area contributed by atoms with E-state index in [2.05, 4.69) is 19.9 Å². The predicted octanol–water partition coefficient (Wildman–Crippen LogP) is 0.994. The zero-order valence-corrected chi connectivity index (χ0v) is 13.3. The maximum atomic E-state index is 12.1. The smallest absolute Gasteiger partial charge is 0.341 e. The monoisotopic (exact) mass is 320 g/mol. The topological polar surface area (TPSA) is 107 Å². The average molecular weight is 320 g/mol. The summed E-state index contributed by atoms with van der Waals surface area (Å²) in [6.45, 7) is -0.0882. The Bertz CT molecular complexity index is 679. The molecule has 2 N–H and O–H groups in total. The Balaban J connectivity index is 2.11. The van der Waals surface area contributed by atoms with Crippen LogP contribution in [0.15, 0.2) is 23.4 Å². The molecule has 2 heterocycles. The second-order valence-corrected chi connectivity index (χ2v) is 5.24. The highest BCUT2D eigenvalue weighted by Crippen LogP contribution is 2.18. The summed E-state index contributed by atoms with van der Waals surface area (Å²) >= 11 is 1.37. The molecule has 2 aromatic heterocycles. The Morgan fingerprint density at radius 2 is 2.14 bits per heavy atom. The molecular weight excluding hydrogens is 304 g/mol. The highest BCUT2D eigenvalue weighted by atomic mass is 32.2. The zero-order valence-electron chi connectivity index (χ0n) is 12.5. The third-order valence-electron chi connectivity index (χ3n) is 2.60. The molecule has 0 saturated carbocycles. The molecule has 0 bridgehead atoms. The van der Waals surface area contributed by atoms with Gasteiger partial charge in [0, 0.05) is 20.3 Å². The summed E-state index contributed by atoms with van der Waals surface area (Å²) in [4.78, 5) is 30.0. The Kier molecular flexibility index (Phi) is 5.10. The maximum Gasteiger partial charge on any atom is 0.341 e. The van der Waals surface area contributed by atoms with Crippen LogP contribution in [-0.4, -0.2) is 46.3 Å². The van der Waals surface area contributed by atoms with Gasteiger partial charge in [0.25, 0.3) is 0 Å². The van der Waals surface area contributed by atoms with Gasteiger partial charge < -0.3 is 15.4 Å². The standard InChI is InChI=1S/C13H16N6O2S/c1-19(2)13-17-9(16-12(14)18-13)7-21-11(20)8-5-4-6-15-10(8)22-3/h4-6H,7H2,1-3H3,(H2,14,16,17,18). The Morgan fingerprint density at radius 3 is 2.82 bits per heavy atom. The fraction of sp³-hybridized carbons (Fsp3) is 0.308. The van der Waals surface area contributed by atoms with Gasteiger partial charge in [0.1, 0.15) is 5.03 Å². The molecule has 0 aromatic carbocycles. The van der Waals surface area contributed by atoms with Crippen molar-refractivity contribution in [3.63, 3.8) is 0 Å². The quantitative estimate of drug-likeness (QED) is 0.637. The Morgan fingerprint density at radius 1 is 1.36 bits per heavy atom. The number of thioether (sulfide) groups is 1. The molecule has 8 nitrogen and oxygen atoms in total. The summed E-state index contributed by atoms with van der Waals surface area (Å²) < 4.78 is 5.23. The number of nitrogens with two attached hydrogens (primary N) is 1. The summed E-state index contributed by atoms with van der Waals surface area (Å²) in [6, 6.07) is 3.34. The van der Waals surface area contributed by atoms with Crippen molar-refractivity contribution in [2.75, 3.05) is 31.0 Å². The first kappa shape index (κ1) is 16.0. The number of carbonyl (C=O) groups is 1. The largest absolute Gasteiger partial charge is 0.454 e. The van der Waals surface area contributed by atoms with Gasteiger partial charge in [-0.3, -0.25) is 0 Å².